The standard InChI is InChI=1S/C24H26AsAtF3N5O/c1-13-7-19(27)17(24(35)32-14-3-4-14)9-22(13)34(25)11-18(26)16-8-15(10-30-23(16)29)31-21-5-6-33(2)12-20(21)28/h7-11,14,20-21,31H,3-6,12H2,1-2H3,(H,32,35)/b18-11-. The van der Waals surface area contributed by atoms with Gasteiger partial charge < -0.3 is 0 Å². The second-order valence-corrected chi connectivity index (χ2v) is 11.6. The van der Waals surface area contributed by atoms with Crippen molar-refractivity contribution in [3.63, 3.8) is 0 Å². The van der Waals surface area contributed by atoms with E-state index in [9.17, 15) is 18.0 Å². The molecular weight excluding hydrogens is 716 g/mol. The second-order valence-electron chi connectivity index (χ2n) is 9.07. The number of rotatable bonds is 7. The van der Waals surface area contributed by atoms with Gasteiger partial charge in [0.05, 0.1) is 0 Å². The van der Waals surface area contributed by atoms with Gasteiger partial charge in [-0.05, 0) is 0 Å². The third-order valence-corrected chi connectivity index (χ3v) is 7.98. The molecule has 1 aliphatic carbocycles. The first-order chi connectivity index (χ1) is 16.6. The average molecular weight is 742 g/mol. The van der Waals surface area contributed by atoms with Crippen LogP contribution in [0.15, 0.2) is 30.6 Å². The molecule has 2 aromatic rings. The number of benzene rings is 1. The van der Waals surface area contributed by atoms with E-state index in [2.05, 4.69) is 32.7 Å². The van der Waals surface area contributed by atoms with Gasteiger partial charge in [-0.25, -0.2) is 0 Å². The molecule has 0 bridgehead atoms. The zero-order valence-corrected chi connectivity index (χ0v) is 24.2. The Kier molecular flexibility index (Phi) is 8.45. The fourth-order valence-electron chi connectivity index (χ4n) is 3.95. The Morgan fingerprint density at radius 1 is 1.26 bits per heavy atom. The third kappa shape index (κ3) is 6.58. The minimum absolute atomic E-state index is 0.0255. The van der Waals surface area contributed by atoms with E-state index in [4.69, 9.17) is 0 Å². The summed E-state index contributed by atoms with van der Waals surface area (Å²) >= 11 is 3.56. The van der Waals surface area contributed by atoms with Gasteiger partial charge in [0.15, 0.2) is 0 Å². The van der Waals surface area contributed by atoms with E-state index < -0.39 is 23.8 Å². The number of hydrogen-bond donors (Lipinski definition) is 2. The summed E-state index contributed by atoms with van der Waals surface area (Å²) in [7, 11) is 1.89. The van der Waals surface area contributed by atoms with Gasteiger partial charge in [-0.15, -0.1) is 0 Å². The molecular formula is C24H26AsAtF3N5O. The molecule has 1 aromatic heterocycles. The minimum atomic E-state index is -1.03. The molecule has 2 heterocycles. The van der Waals surface area contributed by atoms with E-state index in [0.29, 0.717) is 33.2 Å². The summed E-state index contributed by atoms with van der Waals surface area (Å²) in [6, 6.07) is 4.22. The van der Waals surface area contributed by atoms with Gasteiger partial charge in [0, 0.05) is 0 Å². The van der Waals surface area contributed by atoms with Crippen molar-refractivity contribution in [2.45, 2.75) is 44.4 Å². The molecule has 1 amide bonds. The number of aryl methyl sites for hydroxylation is 1. The number of hydrogen-bond acceptors (Lipinski definition) is 5. The predicted octanol–water partition coefficient (Wildman–Crippen LogP) is 3.45. The molecule has 6 nitrogen and oxygen atoms in total. The molecule has 11 heteroatoms. The molecule has 0 spiro atoms. The van der Waals surface area contributed by atoms with Crippen molar-refractivity contribution in [3.05, 3.63) is 59.1 Å². The Balaban J connectivity index is 1.55. The molecule has 2 aliphatic rings. The van der Waals surface area contributed by atoms with Crippen molar-refractivity contribution in [2.24, 2.45) is 0 Å². The van der Waals surface area contributed by atoms with Crippen LogP contribution in [0.3, 0.4) is 0 Å². The van der Waals surface area contributed by atoms with Crippen molar-refractivity contribution in [2.75, 3.05) is 29.3 Å². The van der Waals surface area contributed by atoms with Crippen LogP contribution in [0, 0.1) is 43.4 Å². The molecule has 2 unspecified atom stereocenters. The summed E-state index contributed by atoms with van der Waals surface area (Å²) in [5.74, 6) is -1.65. The van der Waals surface area contributed by atoms with Crippen LogP contribution in [0.5, 0.6) is 0 Å². The fraction of sp³-hybridized carbons (Fsp3) is 0.417. The molecule has 186 valence electrons. The number of likely N-dealkylation sites (tertiary alicyclic amines) is 1. The van der Waals surface area contributed by atoms with E-state index >= 15 is 0 Å². The van der Waals surface area contributed by atoms with E-state index in [1.165, 1.54) is 43.0 Å². The van der Waals surface area contributed by atoms with Crippen molar-refractivity contribution in [3.8, 4) is 0 Å². The third-order valence-electron chi connectivity index (χ3n) is 6.12. The van der Waals surface area contributed by atoms with Crippen LogP contribution < -0.4 is 14.5 Å². The molecule has 35 heavy (non-hydrogen) atoms. The molecule has 4 rings (SSSR count). The number of anilines is 2. The van der Waals surface area contributed by atoms with Crippen LogP contribution in [-0.4, -0.2) is 71.3 Å². The van der Waals surface area contributed by atoms with E-state index in [0.717, 1.165) is 19.4 Å². The van der Waals surface area contributed by atoms with Gasteiger partial charge >= 0.3 is 228 Å². The summed E-state index contributed by atoms with van der Waals surface area (Å²) in [5.41, 5.74) is 2.05. The number of carbonyl (C=O) groups is 1. The first kappa shape index (κ1) is 26.4. The van der Waals surface area contributed by atoms with Crippen LogP contribution in [0.25, 0.3) is 3.28 Å². The monoisotopic (exact) mass is 742 g/mol. The van der Waals surface area contributed by atoms with Gasteiger partial charge in [-0.1, -0.05) is 0 Å². The Bertz CT molecular complexity index is 1150. The first-order valence-corrected chi connectivity index (χ1v) is 13.6. The fourth-order valence-corrected chi connectivity index (χ4v) is 6.20. The number of alkyl halides is 1. The van der Waals surface area contributed by atoms with E-state index in [1.807, 2.05) is 11.9 Å². The van der Waals surface area contributed by atoms with Crippen LogP contribution in [-0.2, 0) is 0 Å². The van der Waals surface area contributed by atoms with Crippen molar-refractivity contribution in [1.82, 2.24) is 15.2 Å². The van der Waals surface area contributed by atoms with E-state index in [-0.39, 0.29) is 23.2 Å². The topological polar surface area (TPSA) is 60.5 Å². The van der Waals surface area contributed by atoms with Gasteiger partial charge in [0.1, 0.15) is 0 Å². The molecule has 1 saturated heterocycles. The molecule has 1 aromatic carbocycles. The zero-order valence-electron chi connectivity index (χ0n) is 19.4. The number of pyridine rings is 1. The Morgan fingerprint density at radius 3 is 2.69 bits per heavy atom. The number of nitrogens with one attached hydrogen (secondary N) is 2. The summed E-state index contributed by atoms with van der Waals surface area (Å²) < 4.78 is 45.9. The van der Waals surface area contributed by atoms with Crippen molar-refractivity contribution in [1.29, 1.82) is 0 Å². The quantitative estimate of drug-likeness (QED) is 0.337. The SMILES string of the molecule is Cc1cc(F)c(C(=O)NC2CC2)cc1N([As])/C=C(\[At])c1cc(NC2CCN(C)CC2F)cnc1F. The predicted molar refractivity (Wildman–Crippen MR) is 126 cm³/mol. The number of nitrogens with zero attached hydrogens (tertiary/aromatic N) is 3. The Labute approximate surface area is 227 Å². The molecule has 1 aliphatic heterocycles. The first-order valence-electron chi connectivity index (χ1n) is 11.3. The number of halogens is 3. The summed E-state index contributed by atoms with van der Waals surface area (Å²) in [6.07, 6.45) is 4.51. The summed E-state index contributed by atoms with van der Waals surface area (Å²) in [4.78, 5) is 18.3. The van der Waals surface area contributed by atoms with Gasteiger partial charge in [-0.2, -0.15) is 0 Å². The zero-order chi connectivity index (χ0) is 25.3. The van der Waals surface area contributed by atoms with Crippen LogP contribution in [0.2, 0.25) is 0 Å². The maximum atomic E-state index is 14.6. The van der Waals surface area contributed by atoms with Crippen LogP contribution >= 0.6 is 0 Å². The second kappa shape index (κ2) is 11.2. The van der Waals surface area contributed by atoms with Crippen molar-refractivity contribution >= 4 is 37.6 Å². The van der Waals surface area contributed by atoms with Gasteiger partial charge in [-0.3, -0.25) is 0 Å². The van der Waals surface area contributed by atoms with E-state index in [1.54, 1.807) is 23.0 Å². The summed E-state index contributed by atoms with van der Waals surface area (Å²) in [5, 5.41) is 5.97. The van der Waals surface area contributed by atoms with Gasteiger partial charge in [0.25, 0.3) is 0 Å². The average Bonchev–Trinajstić information content (AvgIpc) is 3.60. The molecule has 2 atom stereocenters. The van der Waals surface area contributed by atoms with Crippen molar-refractivity contribution < 1.29 is 42.7 Å². The number of aromatic nitrogens is 1. The maximum absolute atomic E-state index is 14.6. The normalized spacial score (nSPS) is 21.1. The molecule has 1 saturated carbocycles. The summed E-state index contributed by atoms with van der Waals surface area (Å²) in [6.45, 7) is 2.87. The molecule has 2 N–H and O–H groups in total. The molecule has 2 radical (unpaired) electrons. The van der Waals surface area contributed by atoms with Crippen LogP contribution in [0.4, 0.5) is 24.5 Å². The number of amides is 1. The van der Waals surface area contributed by atoms with Crippen LogP contribution in [0.1, 0.15) is 40.7 Å². The Hall–Kier alpha value is -1.63. The number of carbonyl (C=O) groups excluding carboxylic acids is 1. The molecule has 2 fully saturated rings. The van der Waals surface area contributed by atoms with Gasteiger partial charge in [0.2, 0.25) is 0 Å². The Morgan fingerprint density at radius 2 is 2.00 bits per heavy atom. The number of piperidine rings is 1.